The third kappa shape index (κ3) is 4.05. The van der Waals surface area contributed by atoms with Gasteiger partial charge in [-0.05, 0) is 33.0 Å². The number of fused-ring (bicyclic) bond motifs is 1. The van der Waals surface area contributed by atoms with Crippen LogP contribution in [-0.4, -0.2) is 64.2 Å². The SMILES string of the molecule is C.CCOc1cccn2c(C(=O)NC3CN(C)CC3O)c(C)nc12.Cl. The number of carbonyl (C=O) groups is 1. The molecule has 1 fully saturated rings. The van der Waals surface area contributed by atoms with Gasteiger partial charge in [0.2, 0.25) is 0 Å². The maximum absolute atomic E-state index is 12.7. The van der Waals surface area contributed by atoms with Crippen LogP contribution in [0.15, 0.2) is 18.3 Å². The van der Waals surface area contributed by atoms with Crippen molar-refractivity contribution in [2.45, 2.75) is 33.4 Å². The summed E-state index contributed by atoms with van der Waals surface area (Å²) in [6, 6.07) is 3.39. The molecule has 2 unspecified atom stereocenters. The maximum atomic E-state index is 12.7. The summed E-state index contributed by atoms with van der Waals surface area (Å²) < 4.78 is 7.31. The van der Waals surface area contributed by atoms with Gasteiger partial charge in [0.1, 0.15) is 5.69 Å². The van der Waals surface area contributed by atoms with Crippen LogP contribution in [0.25, 0.3) is 5.65 Å². The van der Waals surface area contributed by atoms with Crippen molar-refractivity contribution in [2.24, 2.45) is 0 Å². The second kappa shape index (κ2) is 8.51. The number of aliphatic hydroxyl groups is 1. The van der Waals surface area contributed by atoms with Crippen molar-refractivity contribution in [1.82, 2.24) is 19.6 Å². The number of imidazole rings is 1. The van der Waals surface area contributed by atoms with Crippen LogP contribution in [0.3, 0.4) is 0 Å². The number of aliphatic hydroxyl groups excluding tert-OH is 1. The molecule has 3 rings (SSSR count). The molecule has 0 saturated carbocycles. The molecule has 2 atom stereocenters. The van der Waals surface area contributed by atoms with Gasteiger partial charge in [0, 0.05) is 19.3 Å². The van der Waals surface area contributed by atoms with E-state index in [0.29, 0.717) is 42.5 Å². The van der Waals surface area contributed by atoms with Crippen LogP contribution >= 0.6 is 12.4 Å². The van der Waals surface area contributed by atoms with Gasteiger partial charge in [-0.1, -0.05) is 7.43 Å². The zero-order chi connectivity index (χ0) is 16.6. The van der Waals surface area contributed by atoms with E-state index in [9.17, 15) is 9.90 Å². The molecular formula is C17H27ClN4O3. The van der Waals surface area contributed by atoms with Crippen LogP contribution < -0.4 is 10.1 Å². The topological polar surface area (TPSA) is 79.1 Å². The molecule has 0 aliphatic carbocycles. The van der Waals surface area contributed by atoms with Gasteiger partial charge in [-0.25, -0.2) is 4.98 Å². The lowest BCUT2D eigenvalue weighted by Crippen LogP contribution is -2.43. The normalized spacial score (nSPS) is 20.0. The highest BCUT2D eigenvalue weighted by atomic mass is 35.5. The van der Waals surface area contributed by atoms with Crippen LogP contribution in [-0.2, 0) is 0 Å². The Morgan fingerprint density at radius 1 is 1.48 bits per heavy atom. The maximum Gasteiger partial charge on any atom is 0.270 e. The predicted molar refractivity (Wildman–Crippen MR) is 99.8 cm³/mol. The molecule has 25 heavy (non-hydrogen) atoms. The van der Waals surface area contributed by atoms with Gasteiger partial charge >= 0.3 is 0 Å². The zero-order valence-corrected chi connectivity index (χ0v) is 14.8. The molecule has 0 spiro atoms. The number of pyridine rings is 1. The lowest BCUT2D eigenvalue weighted by atomic mass is 10.2. The van der Waals surface area contributed by atoms with Crippen molar-refractivity contribution in [2.75, 3.05) is 26.7 Å². The Bertz CT molecular complexity index is 734. The molecule has 3 heterocycles. The number of carbonyl (C=O) groups excluding carboxylic acids is 1. The summed E-state index contributed by atoms with van der Waals surface area (Å²) in [6.45, 7) is 5.44. The summed E-state index contributed by atoms with van der Waals surface area (Å²) >= 11 is 0. The average Bonchev–Trinajstić information content (AvgIpc) is 2.98. The Labute approximate surface area is 154 Å². The van der Waals surface area contributed by atoms with Gasteiger partial charge in [-0.3, -0.25) is 9.20 Å². The van der Waals surface area contributed by atoms with Gasteiger partial charge in [-0.2, -0.15) is 0 Å². The van der Waals surface area contributed by atoms with E-state index in [-0.39, 0.29) is 31.8 Å². The number of β-amino-alcohol motifs (C(OH)–C–C–N with tert-alkyl or cyclic N) is 1. The van der Waals surface area contributed by atoms with Gasteiger partial charge in [0.15, 0.2) is 11.4 Å². The van der Waals surface area contributed by atoms with Crippen LogP contribution in [0.2, 0.25) is 0 Å². The van der Waals surface area contributed by atoms with Gasteiger partial charge in [0.25, 0.3) is 5.91 Å². The molecule has 1 saturated heterocycles. The summed E-state index contributed by atoms with van der Waals surface area (Å²) in [4.78, 5) is 19.1. The molecule has 8 heteroatoms. The fraction of sp³-hybridized carbons (Fsp3) is 0.529. The Morgan fingerprint density at radius 3 is 2.80 bits per heavy atom. The van der Waals surface area contributed by atoms with Crippen molar-refractivity contribution in [1.29, 1.82) is 0 Å². The first-order valence-electron chi connectivity index (χ1n) is 7.79. The molecule has 1 amide bonds. The Kier molecular flexibility index (Phi) is 7.22. The highest BCUT2D eigenvalue weighted by Gasteiger charge is 2.31. The fourth-order valence-corrected chi connectivity index (χ4v) is 3.05. The lowest BCUT2D eigenvalue weighted by Gasteiger charge is -2.15. The number of nitrogens with zero attached hydrogens (tertiary/aromatic N) is 3. The van der Waals surface area contributed by atoms with Crippen LogP contribution in [0, 0.1) is 6.92 Å². The van der Waals surface area contributed by atoms with Gasteiger partial charge in [-0.15, -0.1) is 12.4 Å². The van der Waals surface area contributed by atoms with Crippen molar-refractivity contribution < 1.29 is 14.6 Å². The van der Waals surface area contributed by atoms with Crippen LogP contribution in [0.5, 0.6) is 5.75 Å². The monoisotopic (exact) mass is 370 g/mol. The van der Waals surface area contributed by atoms with Gasteiger partial charge in [0.05, 0.1) is 24.4 Å². The van der Waals surface area contributed by atoms with E-state index in [4.69, 9.17) is 4.74 Å². The van der Waals surface area contributed by atoms with E-state index in [1.165, 1.54) is 0 Å². The third-order valence-electron chi connectivity index (χ3n) is 4.09. The summed E-state index contributed by atoms with van der Waals surface area (Å²) in [5.74, 6) is 0.417. The Hall–Kier alpha value is -1.83. The molecule has 7 nitrogen and oxygen atoms in total. The smallest absolute Gasteiger partial charge is 0.270 e. The number of halogens is 1. The minimum atomic E-state index is -0.553. The second-order valence-corrected chi connectivity index (χ2v) is 5.91. The highest BCUT2D eigenvalue weighted by molar-refractivity contribution is 5.95. The van der Waals surface area contributed by atoms with Gasteiger partial charge < -0.3 is 20.1 Å². The first-order valence-corrected chi connectivity index (χ1v) is 7.79. The Morgan fingerprint density at radius 2 is 2.20 bits per heavy atom. The van der Waals surface area contributed by atoms with Crippen molar-refractivity contribution >= 4 is 24.0 Å². The average molecular weight is 371 g/mol. The standard InChI is InChI=1S/C16H22N4O3.CH4.ClH/c1-4-23-13-6-5-7-20-14(10(2)17-15(13)20)16(22)18-11-8-19(3)9-12(11)21;;/h5-7,11-12,21H,4,8-9H2,1-3H3,(H,18,22);1H4;1H. The third-order valence-corrected chi connectivity index (χ3v) is 4.09. The number of ether oxygens (including phenoxy) is 1. The molecule has 1 aliphatic rings. The first kappa shape index (κ1) is 21.2. The van der Waals surface area contributed by atoms with Crippen LogP contribution in [0.1, 0.15) is 30.5 Å². The van der Waals surface area contributed by atoms with Crippen LogP contribution in [0.4, 0.5) is 0 Å². The van der Waals surface area contributed by atoms with E-state index in [1.807, 2.05) is 31.0 Å². The number of aryl methyl sites for hydroxylation is 1. The summed E-state index contributed by atoms with van der Waals surface area (Å²) in [6.07, 6.45) is 1.24. The number of amides is 1. The minimum absolute atomic E-state index is 0. The predicted octanol–water partition coefficient (Wildman–Crippen LogP) is 1.50. The number of likely N-dealkylation sites (tertiary alicyclic amines) is 1. The molecule has 0 aromatic carbocycles. The number of nitrogens with one attached hydrogen (secondary N) is 1. The highest BCUT2D eigenvalue weighted by Crippen LogP contribution is 2.22. The van der Waals surface area contributed by atoms with E-state index < -0.39 is 6.10 Å². The van der Waals surface area contributed by atoms with Crippen molar-refractivity contribution in [3.8, 4) is 5.75 Å². The molecule has 2 N–H and O–H groups in total. The summed E-state index contributed by atoms with van der Waals surface area (Å²) in [5.41, 5.74) is 1.74. The quantitative estimate of drug-likeness (QED) is 0.852. The molecular weight excluding hydrogens is 344 g/mol. The van der Waals surface area contributed by atoms with E-state index in [1.54, 1.807) is 17.5 Å². The fourth-order valence-electron chi connectivity index (χ4n) is 3.05. The van der Waals surface area contributed by atoms with E-state index >= 15 is 0 Å². The molecule has 140 valence electrons. The number of likely N-dealkylation sites (N-methyl/N-ethyl adjacent to an activating group) is 1. The molecule has 2 aromatic heterocycles. The molecule has 1 aliphatic heterocycles. The molecule has 2 aromatic rings. The van der Waals surface area contributed by atoms with E-state index in [2.05, 4.69) is 10.3 Å². The van der Waals surface area contributed by atoms with Crippen molar-refractivity contribution in [3.05, 3.63) is 29.7 Å². The summed E-state index contributed by atoms with van der Waals surface area (Å²) in [5, 5.41) is 12.9. The largest absolute Gasteiger partial charge is 0.490 e. The second-order valence-electron chi connectivity index (χ2n) is 5.91. The number of rotatable bonds is 4. The summed E-state index contributed by atoms with van der Waals surface area (Å²) in [7, 11) is 1.92. The molecule has 0 bridgehead atoms. The lowest BCUT2D eigenvalue weighted by molar-refractivity contribution is 0.0882. The van der Waals surface area contributed by atoms with E-state index in [0.717, 1.165) is 0 Å². The minimum Gasteiger partial charge on any atom is -0.490 e. The Balaban J connectivity index is 0.00000156. The number of hydrogen-bond donors (Lipinski definition) is 2. The zero-order valence-electron chi connectivity index (χ0n) is 14.0. The van der Waals surface area contributed by atoms with Crippen molar-refractivity contribution in [3.63, 3.8) is 0 Å². The number of hydrogen-bond acceptors (Lipinski definition) is 5. The first-order chi connectivity index (χ1) is 11.0. The number of aromatic nitrogens is 2. The molecule has 0 radical (unpaired) electrons.